The van der Waals surface area contributed by atoms with Crippen LogP contribution in [0.4, 0.5) is 0 Å². The van der Waals surface area contributed by atoms with Gasteiger partial charge in [-0.3, -0.25) is 19.2 Å². The molecule has 0 spiro atoms. The zero-order valence-corrected chi connectivity index (χ0v) is 18.9. The summed E-state index contributed by atoms with van der Waals surface area (Å²) in [5, 5.41) is 16.7. The number of carboxylic acid groups (broad SMARTS) is 1. The van der Waals surface area contributed by atoms with Crippen molar-refractivity contribution >= 4 is 29.6 Å². The van der Waals surface area contributed by atoms with Gasteiger partial charge in [-0.2, -0.15) is 0 Å². The Labute approximate surface area is 192 Å². The van der Waals surface area contributed by atoms with E-state index in [1.165, 1.54) is 0 Å². The number of carbonyl (C=O) groups excluding carboxylic acids is 4. The summed E-state index contributed by atoms with van der Waals surface area (Å²) in [6.45, 7) is 3.38. The van der Waals surface area contributed by atoms with Crippen LogP contribution in [0.1, 0.15) is 38.7 Å². The fourth-order valence-electron chi connectivity index (χ4n) is 3.04. The zero-order valence-electron chi connectivity index (χ0n) is 18.9. The molecule has 0 saturated heterocycles. The highest BCUT2D eigenvalue weighted by atomic mass is 16.4. The molecule has 0 fully saturated rings. The molecule has 0 aliphatic carbocycles. The molecule has 0 aromatic heterocycles. The molecule has 0 aliphatic rings. The average Bonchev–Trinajstić information content (AvgIpc) is 2.74. The molecule has 11 heteroatoms. The molecule has 3 unspecified atom stereocenters. The zero-order chi connectivity index (χ0) is 25.0. The number of primary amides is 1. The first-order chi connectivity index (χ1) is 15.5. The van der Waals surface area contributed by atoms with Crippen LogP contribution < -0.4 is 27.4 Å². The monoisotopic (exact) mass is 463 g/mol. The van der Waals surface area contributed by atoms with Crippen molar-refractivity contribution < 1.29 is 29.1 Å². The van der Waals surface area contributed by atoms with Gasteiger partial charge in [-0.05, 0) is 24.3 Å². The van der Waals surface area contributed by atoms with Crippen LogP contribution in [0.3, 0.4) is 0 Å². The van der Waals surface area contributed by atoms with Gasteiger partial charge in [0.05, 0.1) is 12.6 Å². The molecular weight excluding hydrogens is 430 g/mol. The lowest BCUT2D eigenvalue weighted by atomic mass is 10.0. The highest BCUT2D eigenvalue weighted by Gasteiger charge is 2.27. The Morgan fingerprint density at radius 3 is 2.15 bits per heavy atom. The second-order valence-electron chi connectivity index (χ2n) is 8.17. The maximum atomic E-state index is 12.7. The Morgan fingerprint density at radius 2 is 1.61 bits per heavy atom. The number of hydrogen-bond acceptors (Lipinski definition) is 6. The van der Waals surface area contributed by atoms with E-state index < -0.39 is 54.3 Å². The van der Waals surface area contributed by atoms with E-state index in [0.717, 1.165) is 0 Å². The van der Waals surface area contributed by atoms with Gasteiger partial charge in [0.15, 0.2) is 0 Å². The van der Waals surface area contributed by atoms with Crippen LogP contribution in [0.5, 0.6) is 0 Å². The van der Waals surface area contributed by atoms with Crippen LogP contribution >= 0.6 is 0 Å². The molecule has 33 heavy (non-hydrogen) atoms. The first-order valence-corrected chi connectivity index (χ1v) is 10.7. The number of amides is 4. The molecule has 0 aliphatic heterocycles. The summed E-state index contributed by atoms with van der Waals surface area (Å²) in [6, 6.07) is 5.47. The summed E-state index contributed by atoms with van der Waals surface area (Å²) in [5.74, 6) is -3.73. The lowest BCUT2D eigenvalue weighted by Crippen LogP contribution is -2.54. The normalized spacial score (nSPS) is 13.5. The number of hydrogen-bond donors (Lipinski definition) is 6. The number of nitrogens with one attached hydrogen (secondary N) is 3. The number of carbonyl (C=O) groups is 5. The Bertz CT molecular complexity index is 830. The van der Waals surface area contributed by atoms with Gasteiger partial charge in [0.2, 0.25) is 23.6 Å². The molecule has 8 N–H and O–H groups in total. The first kappa shape index (κ1) is 27.6. The van der Waals surface area contributed by atoms with Crippen LogP contribution in [-0.2, 0) is 30.4 Å². The number of nitrogens with two attached hydrogens (primary N) is 2. The predicted molar refractivity (Wildman–Crippen MR) is 121 cm³/mol. The van der Waals surface area contributed by atoms with E-state index >= 15 is 0 Å². The average molecular weight is 464 g/mol. The smallest absolute Gasteiger partial charge is 0.326 e. The summed E-state index contributed by atoms with van der Waals surface area (Å²) in [4.78, 5) is 59.8. The molecule has 182 valence electrons. The summed E-state index contributed by atoms with van der Waals surface area (Å²) in [5.41, 5.74) is 11.6. The molecule has 0 saturated carbocycles. The largest absolute Gasteiger partial charge is 0.480 e. The quantitative estimate of drug-likeness (QED) is 0.204. The van der Waals surface area contributed by atoms with E-state index in [4.69, 9.17) is 11.5 Å². The van der Waals surface area contributed by atoms with Crippen LogP contribution in [0, 0.1) is 5.92 Å². The molecule has 4 amide bonds. The highest BCUT2D eigenvalue weighted by molar-refractivity contribution is 5.92. The molecule has 1 rings (SSSR count). The number of aliphatic carboxylic acids is 1. The van der Waals surface area contributed by atoms with Gasteiger partial charge in [-0.1, -0.05) is 44.2 Å². The Morgan fingerprint density at radius 1 is 0.970 bits per heavy atom. The summed E-state index contributed by atoms with van der Waals surface area (Å²) in [7, 11) is 0. The Hall–Kier alpha value is -3.47. The summed E-state index contributed by atoms with van der Waals surface area (Å²) < 4.78 is 0. The second kappa shape index (κ2) is 13.8. The molecule has 3 atom stereocenters. The van der Waals surface area contributed by atoms with Crippen molar-refractivity contribution in [2.75, 3.05) is 6.54 Å². The van der Waals surface area contributed by atoms with E-state index in [-0.39, 0.29) is 25.2 Å². The van der Waals surface area contributed by atoms with Gasteiger partial charge in [-0.25, -0.2) is 4.79 Å². The highest BCUT2D eigenvalue weighted by Crippen LogP contribution is 2.06. The van der Waals surface area contributed by atoms with E-state index in [2.05, 4.69) is 16.0 Å². The standard InChI is InChI=1S/C22H33N5O6/c1-13(2)10-15(23)20(30)25-12-19(29)26-16(8-9-18(24)28)21(31)27-17(22(32)33)11-14-6-4-3-5-7-14/h3-7,13,15-17H,8-12,23H2,1-2H3,(H2,24,28)(H,25,30)(H,26,29)(H,27,31)(H,32,33). The SMILES string of the molecule is CC(C)CC(N)C(=O)NCC(=O)NC(CCC(N)=O)C(=O)NC(Cc1ccccc1)C(=O)O. The molecule has 0 radical (unpaired) electrons. The minimum atomic E-state index is -1.25. The Balaban J connectivity index is 2.76. The third-order valence-corrected chi connectivity index (χ3v) is 4.71. The summed E-state index contributed by atoms with van der Waals surface area (Å²) >= 11 is 0. The topological polar surface area (TPSA) is 194 Å². The van der Waals surface area contributed by atoms with Crippen LogP contribution in [0.15, 0.2) is 30.3 Å². The lowest BCUT2D eigenvalue weighted by Gasteiger charge is -2.22. The van der Waals surface area contributed by atoms with Crippen LogP contribution in [0.2, 0.25) is 0 Å². The number of carboxylic acids is 1. The van der Waals surface area contributed by atoms with Gasteiger partial charge >= 0.3 is 5.97 Å². The van der Waals surface area contributed by atoms with Crippen molar-refractivity contribution in [3.05, 3.63) is 35.9 Å². The van der Waals surface area contributed by atoms with Gasteiger partial charge < -0.3 is 32.5 Å². The second-order valence-corrected chi connectivity index (χ2v) is 8.17. The molecule has 11 nitrogen and oxygen atoms in total. The van der Waals surface area contributed by atoms with Crippen molar-refractivity contribution in [1.29, 1.82) is 0 Å². The van der Waals surface area contributed by atoms with Crippen LogP contribution in [0.25, 0.3) is 0 Å². The molecule has 0 bridgehead atoms. The van der Waals surface area contributed by atoms with Gasteiger partial charge in [-0.15, -0.1) is 0 Å². The van der Waals surface area contributed by atoms with Gasteiger partial charge in [0.1, 0.15) is 12.1 Å². The molecule has 1 aromatic rings. The van der Waals surface area contributed by atoms with E-state index in [0.29, 0.717) is 12.0 Å². The summed E-state index contributed by atoms with van der Waals surface area (Å²) in [6.07, 6.45) is 0.128. The predicted octanol–water partition coefficient (Wildman–Crippen LogP) is -0.962. The van der Waals surface area contributed by atoms with Gasteiger partial charge in [0.25, 0.3) is 0 Å². The minimum absolute atomic E-state index is 0.0300. The maximum Gasteiger partial charge on any atom is 0.326 e. The van der Waals surface area contributed by atoms with E-state index in [1.807, 2.05) is 13.8 Å². The fourth-order valence-corrected chi connectivity index (χ4v) is 3.04. The third-order valence-electron chi connectivity index (χ3n) is 4.71. The van der Waals surface area contributed by atoms with Crippen molar-refractivity contribution in [2.24, 2.45) is 17.4 Å². The third kappa shape index (κ3) is 11.1. The van der Waals surface area contributed by atoms with Crippen molar-refractivity contribution in [3.8, 4) is 0 Å². The molecule has 1 aromatic carbocycles. The Kier molecular flexibility index (Phi) is 11.6. The van der Waals surface area contributed by atoms with E-state index in [1.54, 1.807) is 30.3 Å². The van der Waals surface area contributed by atoms with Crippen molar-refractivity contribution in [3.63, 3.8) is 0 Å². The van der Waals surface area contributed by atoms with E-state index in [9.17, 15) is 29.1 Å². The van der Waals surface area contributed by atoms with Gasteiger partial charge in [0, 0.05) is 12.8 Å². The minimum Gasteiger partial charge on any atom is -0.480 e. The molecular formula is C22H33N5O6. The molecule has 0 heterocycles. The lowest BCUT2D eigenvalue weighted by molar-refractivity contribution is -0.142. The first-order valence-electron chi connectivity index (χ1n) is 10.7. The van der Waals surface area contributed by atoms with Crippen molar-refractivity contribution in [2.45, 2.75) is 57.7 Å². The fraction of sp³-hybridized carbons (Fsp3) is 0.500. The number of benzene rings is 1. The van der Waals surface area contributed by atoms with Crippen LogP contribution in [-0.4, -0.2) is 59.4 Å². The maximum absolute atomic E-state index is 12.7. The number of rotatable bonds is 14. The van der Waals surface area contributed by atoms with Crippen molar-refractivity contribution in [1.82, 2.24) is 16.0 Å².